The molecule has 5 heteroatoms. The standard InChI is InChI=1S/C8H6ClN3O/c1-5-11-8(13-12-5)6-2-3-10-7(9)4-6/h2-4H,1H3. The van der Waals surface area contributed by atoms with E-state index in [9.17, 15) is 0 Å². The number of rotatable bonds is 1. The molecule has 0 amide bonds. The van der Waals surface area contributed by atoms with Crippen LogP contribution in [0.3, 0.4) is 0 Å². The van der Waals surface area contributed by atoms with Gasteiger partial charge in [0.1, 0.15) is 5.15 Å². The molecule has 0 saturated carbocycles. The molecular weight excluding hydrogens is 190 g/mol. The normalized spacial score (nSPS) is 10.3. The number of nitrogens with zero attached hydrogens (tertiary/aromatic N) is 3. The van der Waals surface area contributed by atoms with Crippen molar-refractivity contribution in [3.63, 3.8) is 0 Å². The molecule has 0 unspecified atom stereocenters. The lowest BCUT2D eigenvalue weighted by Crippen LogP contribution is -1.80. The molecule has 13 heavy (non-hydrogen) atoms. The molecule has 0 aliphatic carbocycles. The van der Waals surface area contributed by atoms with Crippen LogP contribution in [0.15, 0.2) is 22.9 Å². The average molecular weight is 196 g/mol. The maximum Gasteiger partial charge on any atom is 0.258 e. The van der Waals surface area contributed by atoms with Gasteiger partial charge in [0.25, 0.3) is 5.89 Å². The summed E-state index contributed by atoms with van der Waals surface area (Å²) >= 11 is 5.70. The molecule has 4 nitrogen and oxygen atoms in total. The third-order valence-corrected chi connectivity index (χ3v) is 1.71. The summed E-state index contributed by atoms with van der Waals surface area (Å²) in [7, 11) is 0. The molecule has 2 aromatic heterocycles. The van der Waals surface area contributed by atoms with E-state index in [-0.39, 0.29) is 0 Å². The maximum atomic E-state index is 5.70. The molecule has 2 heterocycles. The summed E-state index contributed by atoms with van der Waals surface area (Å²) in [5.74, 6) is 1.06. The van der Waals surface area contributed by atoms with Crippen LogP contribution >= 0.6 is 11.6 Å². The van der Waals surface area contributed by atoms with Crippen LogP contribution in [0, 0.1) is 6.92 Å². The third-order valence-electron chi connectivity index (χ3n) is 1.50. The van der Waals surface area contributed by atoms with Gasteiger partial charge in [-0.25, -0.2) is 4.98 Å². The van der Waals surface area contributed by atoms with E-state index in [4.69, 9.17) is 16.1 Å². The Morgan fingerprint density at radius 1 is 1.46 bits per heavy atom. The number of aromatic nitrogens is 3. The SMILES string of the molecule is Cc1noc(-c2ccnc(Cl)c2)n1. The molecule has 0 bridgehead atoms. The summed E-state index contributed by atoms with van der Waals surface area (Å²) in [6.45, 7) is 1.76. The zero-order chi connectivity index (χ0) is 9.26. The van der Waals surface area contributed by atoms with Crippen molar-refractivity contribution < 1.29 is 4.52 Å². The van der Waals surface area contributed by atoms with Crippen LogP contribution in [0.25, 0.3) is 11.5 Å². The molecule has 2 aromatic rings. The molecule has 0 saturated heterocycles. The Morgan fingerprint density at radius 2 is 2.31 bits per heavy atom. The third kappa shape index (κ3) is 1.67. The van der Waals surface area contributed by atoms with Gasteiger partial charge >= 0.3 is 0 Å². The number of aryl methyl sites for hydroxylation is 1. The first kappa shape index (κ1) is 8.19. The minimum Gasteiger partial charge on any atom is -0.334 e. The van der Waals surface area contributed by atoms with Crippen LogP contribution in [0.4, 0.5) is 0 Å². The topological polar surface area (TPSA) is 51.8 Å². The number of halogens is 1. The predicted molar refractivity (Wildman–Crippen MR) is 47.3 cm³/mol. The van der Waals surface area contributed by atoms with Crippen molar-refractivity contribution in [3.8, 4) is 11.5 Å². The van der Waals surface area contributed by atoms with Crippen LogP contribution in [0.5, 0.6) is 0 Å². The predicted octanol–water partition coefficient (Wildman–Crippen LogP) is 2.09. The highest BCUT2D eigenvalue weighted by molar-refractivity contribution is 6.29. The largest absolute Gasteiger partial charge is 0.334 e. The second-order valence-corrected chi connectivity index (χ2v) is 2.90. The molecule has 0 spiro atoms. The summed E-state index contributed by atoms with van der Waals surface area (Å²) < 4.78 is 4.96. The van der Waals surface area contributed by atoms with Crippen molar-refractivity contribution in [2.75, 3.05) is 0 Å². The fourth-order valence-electron chi connectivity index (χ4n) is 0.950. The highest BCUT2D eigenvalue weighted by atomic mass is 35.5. The van der Waals surface area contributed by atoms with Gasteiger partial charge in [-0.3, -0.25) is 0 Å². The molecule has 66 valence electrons. The van der Waals surface area contributed by atoms with Gasteiger partial charge < -0.3 is 4.52 Å². The van der Waals surface area contributed by atoms with E-state index in [1.807, 2.05) is 0 Å². The molecule has 0 fully saturated rings. The first-order chi connectivity index (χ1) is 6.25. The van der Waals surface area contributed by atoms with Crippen molar-refractivity contribution in [1.29, 1.82) is 0 Å². The average Bonchev–Trinajstić information content (AvgIpc) is 2.52. The molecule has 0 aliphatic rings. The van der Waals surface area contributed by atoms with Crippen molar-refractivity contribution >= 4 is 11.6 Å². The smallest absolute Gasteiger partial charge is 0.258 e. The first-order valence-corrected chi connectivity index (χ1v) is 4.06. The summed E-state index contributed by atoms with van der Waals surface area (Å²) in [5.41, 5.74) is 0.778. The summed E-state index contributed by atoms with van der Waals surface area (Å²) in [5, 5.41) is 4.08. The van der Waals surface area contributed by atoms with E-state index in [1.54, 1.807) is 25.3 Å². The molecule has 2 rings (SSSR count). The van der Waals surface area contributed by atoms with Crippen LogP contribution in [-0.2, 0) is 0 Å². The van der Waals surface area contributed by atoms with E-state index in [2.05, 4.69) is 15.1 Å². The van der Waals surface area contributed by atoms with Gasteiger partial charge in [-0.15, -0.1) is 0 Å². The zero-order valence-electron chi connectivity index (χ0n) is 6.86. The highest BCUT2D eigenvalue weighted by Crippen LogP contribution is 2.18. The van der Waals surface area contributed by atoms with Crippen LogP contribution < -0.4 is 0 Å². The molecule has 0 N–H and O–H groups in total. The second-order valence-electron chi connectivity index (χ2n) is 2.51. The molecular formula is C8H6ClN3O. The summed E-state index contributed by atoms with van der Waals surface area (Å²) in [4.78, 5) is 7.91. The fraction of sp³-hybridized carbons (Fsp3) is 0.125. The maximum absolute atomic E-state index is 5.70. The zero-order valence-corrected chi connectivity index (χ0v) is 7.62. The monoisotopic (exact) mass is 195 g/mol. The molecule has 0 atom stereocenters. The van der Waals surface area contributed by atoms with Gasteiger partial charge in [0.2, 0.25) is 0 Å². The molecule has 0 aliphatic heterocycles. The Bertz CT molecular complexity index is 427. The quantitative estimate of drug-likeness (QED) is 0.654. The Labute approximate surface area is 79.6 Å². The molecule has 0 radical (unpaired) electrons. The lowest BCUT2D eigenvalue weighted by Gasteiger charge is -1.92. The van der Waals surface area contributed by atoms with E-state index < -0.39 is 0 Å². The highest BCUT2D eigenvalue weighted by Gasteiger charge is 2.05. The van der Waals surface area contributed by atoms with Crippen molar-refractivity contribution in [3.05, 3.63) is 29.3 Å². The van der Waals surface area contributed by atoms with Crippen LogP contribution in [-0.4, -0.2) is 15.1 Å². The Morgan fingerprint density at radius 3 is 2.92 bits per heavy atom. The van der Waals surface area contributed by atoms with Gasteiger partial charge in [-0.05, 0) is 19.1 Å². The number of pyridine rings is 1. The molecule has 0 aromatic carbocycles. The van der Waals surface area contributed by atoms with Gasteiger partial charge in [0.15, 0.2) is 5.82 Å². The van der Waals surface area contributed by atoms with Crippen molar-refractivity contribution in [2.24, 2.45) is 0 Å². The lowest BCUT2D eigenvalue weighted by molar-refractivity contribution is 0.425. The minimum absolute atomic E-state index is 0.411. The van der Waals surface area contributed by atoms with Crippen LogP contribution in [0.1, 0.15) is 5.82 Å². The van der Waals surface area contributed by atoms with E-state index in [1.165, 1.54) is 0 Å². The fourth-order valence-corrected chi connectivity index (χ4v) is 1.12. The number of hydrogen-bond acceptors (Lipinski definition) is 4. The Kier molecular flexibility index (Phi) is 1.98. The first-order valence-electron chi connectivity index (χ1n) is 3.68. The van der Waals surface area contributed by atoms with Gasteiger partial charge in [0, 0.05) is 11.8 Å². The summed E-state index contributed by atoms with van der Waals surface area (Å²) in [6.07, 6.45) is 1.59. The summed E-state index contributed by atoms with van der Waals surface area (Å²) in [6, 6.07) is 3.44. The van der Waals surface area contributed by atoms with E-state index >= 15 is 0 Å². The van der Waals surface area contributed by atoms with Gasteiger partial charge in [-0.1, -0.05) is 16.8 Å². The van der Waals surface area contributed by atoms with E-state index in [0.29, 0.717) is 16.9 Å². The second kappa shape index (κ2) is 3.14. The van der Waals surface area contributed by atoms with Gasteiger partial charge in [0.05, 0.1) is 0 Å². The van der Waals surface area contributed by atoms with Crippen molar-refractivity contribution in [2.45, 2.75) is 6.92 Å². The van der Waals surface area contributed by atoms with Crippen molar-refractivity contribution in [1.82, 2.24) is 15.1 Å². The van der Waals surface area contributed by atoms with Crippen LogP contribution in [0.2, 0.25) is 5.15 Å². The lowest BCUT2D eigenvalue weighted by atomic mass is 10.3. The number of hydrogen-bond donors (Lipinski definition) is 0. The van der Waals surface area contributed by atoms with Gasteiger partial charge in [-0.2, -0.15) is 4.98 Å². The van der Waals surface area contributed by atoms with E-state index in [0.717, 1.165) is 5.56 Å². The minimum atomic E-state index is 0.411. The Balaban J connectivity index is 2.46. The Hall–Kier alpha value is -1.42.